The molecule has 0 atom stereocenters. The molecule has 1 saturated heterocycles. The average molecular weight is 214 g/mol. The lowest BCUT2D eigenvalue weighted by atomic mass is 9.97. The summed E-state index contributed by atoms with van der Waals surface area (Å²) in [6, 6.07) is 9.93. The molecule has 16 heavy (non-hydrogen) atoms. The molecule has 3 nitrogen and oxygen atoms in total. The van der Waals surface area contributed by atoms with Gasteiger partial charge in [-0.2, -0.15) is 0 Å². The molecule has 0 saturated carbocycles. The lowest BCUT2D eigenvalue weighted by molar-refractivity contribution is -0.114. The molecule has 1 aromatic rings. The van der Waals surface area contributed by atoms with E-state index in [-0.39, 0.29) is 5.78 Å². The highest BCUT2D eigenvalue weighted by atomic mass is 16.1. The van der Waals surface area contributed by atoms with Crippen LogP contribution in [0.1, 0.15) is 12.0 Å². The van der Waals surface area contributed by atoms with E-state index in [9.17, 15) is 4.79 Å². The second-order valence-corrected chi connectivity index (χ2v) is 4.18. The number of fused-ring (bicyclic) bond motifs is 1. The van der Waals surface area contributed by atoms with Crippen LogP contribution in [0.5, 0.6) is 0 Å². The summed E-state index contributed by atoms with van der Waals surface area (Å²) >= 11 is 0. The molecule has 0 aliphatic carbocycles. The second kappa shape index (κ2) is 3.67. The van der Waals surface area contributed by atoms with E-state index in [2.05, 4.69) is 10.2 Å². The Balaban J connectivity index is 2.12. The normalized spacial score (nSPS) is 19.8. The van der Waals surface area contributed by atoms with Crippen molar-refractivity contribution in [1.82, 2.24) is 10.2 Å². The maximum absolute atomic E-state index is 12.0. The van der Waals surface area contributed by atoms with E-state index in [4.69, 9.17) is 0 Å². The van der Waals surface area contributed by atoms with Crippen LogP contribution in [0.4, 0.5) is 0 Å². The standard InChI is InChI=1S/C13H14N2O/c16-11-6-8-15-9-7-14-13(15)12(11)10-4-2-1-3-5-10/h1-5,14H,6-9H2. The predicted molar refractivity (Wildman–Crippen MR) is 62.6 cm³/mol. The van der Waals surface area contributed by atoms with Crippen molar-refractivity contribution >= 4 is 11.4 Å². The van der Waals surface area contributed by atoms with Gasteiger partial charge in [0.25, 0.3) is 0 Å². The van der Waals surface area contributed by atoms with Crippen LogP contribution in [-0.2, 0) is 4.79 Å². The first-order valence-electron chi connectivity index (χ1n) is 5.68. The van der Waals surface area contributed by atoms with Gasteiger partial charge in [0.2, 0.25) is 0 Å². The Kier molecular flexibility index (Phi) is 2.17. The Morgan fingerprint density at radius 3 is 2.75 bits per heavy atom. The smallest absolute Gasteiger partial charge is 0.168 e. The third-order valence-corrected chi connectivity index (χ3v) is 3.18. The van der Waals surface area contributed by atoms with Crippen LogP contribution in [0.3, 0.4) is 0 Å². The molecule has 0 radical (unpaired) electrons. The minimum absolute atomic E-state index is 0.256. The van der Waals surface area contributed by atoms with Gasteiger partial charge < -0.3 is 10.2 Å². The van der Waals surface area contributed by atoms with Gasteiger partial charge in [-0.1, -0.05) is 30.3 Å². The molecule has 0 bridgehead atoms. The van der Waals surface area contributed by atoms with Gasteiger partial charge in [-0.25, -0.2) is 0 Å². The lowest BCUT2D eigenvalue weighted by Crippen LogP contribution is -2.31. The van der Waals surface area contributed by atoms with Crippen LogP contribution in [0.2, 0.25) is 0 Å². The highest BCUT2D eigenvalue weighted by Crippen LogP contribution is 2.28. The van der Waals surface area contributed by atoms with Crippen molar-refractivity contribution in [2.45, 2.75) is 6.42 Å². The summed E-state index contributed by atoms with van der Waals surface area (Å²) < 4.78 is 0. The van der Waals surface area contributed by atoms with E-state index in [1.165, 1.54) is 0 Å². The first-order valence-corrected chi connectivity index (χ1v) is 5.68. The van der Waals surface area contributed by atoms with Gasteiger partial charge in [0.15, 0.2) is 5.78 Å². The third-order valence-electron chi connectivity index (χ3n) is 3.18. The molecule has 1 N–H and O–H groups in total. The van der Waals surface area contributed by atoms with E-state index in [0.29, 0.717) is 6.42 Å². The first kappa shape index (κ1) is 9.46. The molecule has 2 aliphatic heterocycles. The molecule has 0 aromatic heterocycles. The number of ketones is 1. The van der Waals surface area contributed by atoms with Gasteiger partial charge >= 0.3 is 0 Å². The van der Waals surface area contributed by atoms with Crippen molar-refractivity contribution in [3.05, 3.63) is 41.7 Å². The number of Topliss-reactive ketones (excluding diaryl/α,β-unsaturated/α-hetero) is 1. The number of carbonyl (C=O) groups excluding carboxylic acids is 1. The Hall–Kier alpha value is -1.77. The third kappa shape index (κ3) is 1.40. The summed E-state index contributed by atoms with van der Waals surface area (Å²) in [5.74, 6) is 1.29. The molecule has 82 valence electrons. The Labute approximate surface area is 94.8 Å². The predicted octanol–water partition coefficient (Wildman–Crippen LogP) is 1.23. The van der Waals surface area contributed by atoms with Crippen LogP contribution >= 0.6 is 0 Å². The SMILES string of the molecule is O=C1CCN2CCNC2=C1c1ccccc1. The van der Waals surface area contributed by atoms with Gasteiger partial charge in [-0.3, -0.25) is 4.79 Å². The molecule has 1 aromatic carbocycles. The monoisotopic (exact) mass is 214 g/mol. The topological polar surface area (TPSA) is 32.3 Å². The van der Waals surface area contributed by atoms with Gasteiger partial charge in [0.1, 0.15) is 5.82 Å². The number of nitrogens with one attached hydrogen (secondary N) is 1. The number of benzene rings is 1. The van der Waals surface area contributed by atoms with Crippen molar-refractivity contribution < 1.29 is 4.79 Å². The molecule has 0 unspecified atom stereocenters. The fourth-order valence-corrected chi connectivity index (χ4v) is 2.40. The molecule has 3 heteroatoms. The second-order valence-electron chi connectivity index (χ2n) is 4.18. The molecular formula is C13H14N2O. The minimum Gasteiger partial charge on any atom is -0.369 e. The molecule has 0 spiro atoms. The highest BCUT2D eigenvalue weighted by molar-refractivity contribution is 6.22. The van der Waals surface area contributed by atoms with Gasteiger partial charge in [-0.05, 0) is 5.56 Å². The van der Waals surface area contributed by atoms with Gasteiger partial charge in [0, 0.05) is 26.1 Å². The van der Waals surface area contributed by atoms with Crippen LogP contribution in [0.25, 0.3) is 5.57 Å². The maximum atomic E-state index is 12.0. The van der Waals surface area contributed by atoms with Gasteiger partial charge in [-0.15, -0.1) is 0 Å². The minimum atomic E-state index is 0.256. The zero-order valence-corrected chi connectivity index (χ0v) is 9.07. The molecule has 3 rings (SSSR count). The maximum Gasteiger partial charge on any atom is 0.168 e. The Bertz CT molecular complexity index is 450. The number of hydrogen-bond donors (Lipinski definition) is 1. The van der Waals surface area contributed by atoms with E-state index in [1.54, 1.807) is 0 Å². The van der Waals surface area contributed by atoms with Crippen LogP contribution in [0.15, 0.2) is 36.2 Å². The summed E-state index contributed by atoms with van der Waals surface area (Å²) in [5.41, 5.74) is 1.89. The zero-order chi connectivity index (χ0) is 11.0. The lowest BCUT2D eigenvalue weighted by Gasteiger charge is -2.26. The summed E-state index contributed by atoms with van der Waals surface area (Å²) in [4.78, 5) is 14.3. The molecule has 2 heterocycles. The average Bonchev–Trinajstić information content (AvgIpc) is 2.78. The summed E-state index contributed by atoms with van der Waals surface area (Å²) in [7, 11) is 0. The first-order chi connectivity index (χ1) is 7.86. The molecule has 1 fully saturated rings. The van der Waals surface area contributed by atoms with E-state index < -0.39 is 0 Å². The number of nitrogens with zero attached hydrogens (tertiary/aromatic N) is 1. The molecular weight excluding hydrogens is 200 g/mol. The fourth-order valence-electron chi connectivity index (χ4n) is 2.40. The Morgan fingerprint density at radius 1 is 1.12 bits per heavy atom. The van der Waals surface area contributed by atoms with Gasteiger partial charge in [0.05, 0.1) is 5.57 Å². The van der Waals surface area contributed by atoms with Crippen LogP contribution in [-0.4, -0.2) is 30.3 Å². The Morgan fingerprint density at radius 2 is 1.94 bits per heavy atom. The van der Waals surface area contributed by atoms with Crippen molar-refractivity contribution in [2.75, 3.05) is 19.6 Å². The quantitative estimate of drug-likeness (QED) is 0.763. The van der Waals surface area contributed by atoms with E-state index in [1.807, 2.05) is 30.3 Å². The number of rotatable bonds is 1. The largest absolute Gasteiger partial charge is 0.369 e. The van der Waals surface area contributed by atoms with E-state index >= 15 is 0 Å². The summed E-state index contributed by atoms with van der Waals surface area (Å²) in [6.45, 7) is 2.81. The van der Waals surface area contributed by atoms with Crippen molar-refractivity contribution in [3.8, 4) is 0 Å². The molecule has 2 aliphatic rings. The van der Waals surface area contributed by atoms with Crippen molar-refractivity contribution in [2.24, 2.45) is 0 Å². The summed E-state index contributed by atoms with van der Waals surface area (Å²) in [5, 5.41) is 3.32. The number of allylic oxidation sites excluding steroid dienone is 1. The van der Waals surface area contributed by atoms with Crippen molar-refractivity contribution in [1.29, 1.82) is 0 Å². The van der Waals surface area contributed by atoms with Crippen LogP contribution < -0.4 is 5.32 Å². The van der Waals surface area contributed by atoms with Crippen LogP contribution in [0, 0.1) is 0 Å². The fraction of sp³-hybridized carbons (Fsp3) is 0.308. The number of carbonyl (C=O) groups is 1. The molecule has 0 amide bonds. The summed E-state index contributed by atoms with van der Waals surface area (Å²) in [6.07, 6.45) is 0.634. The number of hydrogen-bond acceptors (Lipinski definition) is 3. The van der Waals surface area contributed by atoms with E-state index in [0.717, 1.165) is 36.6 Å². The van der Waals surface area contributed by atoms with Crippen molar-refractivity contribution in [3.63, 3.8) is 0 Å². The highest BCUT2D eigenvalue weighted by Gasteiger charge is 2.29. The zero-order valence-electron chi connectivity index (χ0n) is 9.07.